The zero-order valence-electron chi connectivity index (χ0n) is 6.83. The Morgan fingerprint density at radius 2 is 2.40 bits per heavy atom. The van der Waals surface area contributed by atoms with Crippen LogP contribution >= 0.6 is 0 Å². The van der Waals surface area contributed by atoms with E-state index in [2.05, 4.69) is 25.0 Å². The maximum atomic E-state index is 4.10. The molecule has 0 aliphatic rings. The summed E-state index contributed by atoms with van der Waals surface area (Å²) < 4.78 is 1.94. The minimum absolute atomic E-state index is 0.632. The van der Waals surface area contributed by atoms with Crippen molar-refractivity contribution < 1.29 is 0 Å². The summed E-state index contributed by atoms with van der Waals surface area (Å²) in [5.74, 6) is 0.632. The van der Waals surface area contributed by atoms with E-state index in [9.17, 15) is 0 Å². The van der Waals surface area contributed by atoms with Gasteiger partial charge in [0, 0.05) is 18.9 Å². The summed E-state index contributed by atoms with van der Waals surface area (Å²) in [7, 11) is 1.99. The summed E-state index contributed by atoms with van der Waals surface area (Å²) in [5.41, 5.74) is 1.32. The van der Waals surface area contributed by atoms with Gasteiger partial charge in [-0.1, -0.05) is 13.8 Å². The Hall–Kier alpha value is -0.790. The molecule has 0 aromatic carbocycles. The standard InChI is InChI=1S/C8H14N2/c1-4-7(2)8-5-6-9-10(8)3/h5-7H,4H2,1-3H3. The van der Waals surface area contributed by atoms with Crippen LogP contribution in [0.1, 0.15) is 31.9 Å². The van der Waals surface area contributed by atoms with Gasteiger partial charge in [0.05, 0.1) is 0 Å². The van der Waals surface area contributed by atoms with E-state index in [0.717, 1.165) is 0 Å². The van der Waals surface area contributed by atoms with Crippen LogP contribution in [0.4, 0.5) is 0 Å². The number of nitrogens with zero attached hydrogens (tertiary/aromatic N) is 2. The number of hydrogen-bond acceptors (Lipinski definition) is 1. The molecule has 10 heavy (non-hydrogen) atoms. The summed E-state index contributed by atoms with van der Waals surface area (Å²) in [6.45, 7) is 4.41. The van der Waals surface area contributed by atoms with Crippen LogP contribution < -0.4 is 0 Å². The van der Waals surface area contributed by atoms with Crippen molar-refractivity contribution in [3.8, 4) is 0 Å². The largest absolute Gasteiger partial charge is 0.272 e. The van der Waals surface area contributed by atoms with E-state index in [4.69, 9.17) is 0 Å². The molecular weight excluding hydrogens is 124 g/mol. The van der Waals surface area contributed by atoms with Gasteiger partial charge in [-0.15, -0.1) is 0 Å². The van der Waals surface area contributed by atoms with Crippen molar-refractivity contribution in [1.82, 2.24) is 9.78 Å². The lowest BCUT2D eigenvalue weighted by molar-refractivity contribution is 0.625. The molecule has 0 amide bonds. The highest BCUT2D eigenvalue weighted by Gasteiger charge is 2.05. The molecule has 0 N–H and O–H groups in total. The van der Waals surface area contributed by atoms with Crippen LogP contribution in [0.15, 0.2) is 12.3 Å². The summed E-state index contributed by atoms with van der Waals surface area (Å²) in [4.78, 5) is 0. The second-order valence-electron chi connectivity index (χ2n) is 2.69. The van der Waals surface area contributed by atoms with E-state index in [0.29, 0.717) is 5.92 Å². The number of hydrogen-bond donors (Lipinski definition) is 0. The monoisotopic (exact) mass is 138 g/mol. The van der Waals surface area contributed by atoms with Crippen molar-refractivity contribution >= 4 is 0 Å². The molecule has 1 aromatic rings. The molecule has 0 spiro atoms. The highest BCUT2D eigenvalue weighted by Crippen LogP contribution is 2.16. The molecule has 56 valence electrons. The molecule has 0 saturated carbocycles. The van der Waals surface area contributed by atoms with E-state index >= 15 is 0 Å². The second kappa shape index (κ2) is 2.86. The van der Waals surface area contributed by atoms with E-state index in [1.54, 1.807) is 0 Å². The third-order valence-corrected chi connectivity index (χ3v) is 1.98. The van der Waals surface area contributed by atoms with E-state index < -0.39 is 0 Å². The molecule has 1 heterocycles. The molecule has 1 atom stereocenters. The minimum atomic E-state index is 0.632. The van der Waals surface area contributed by atoms with Gasteiger partial charge in [-0.05, 0) is 18.4 Å². The fraction of sp³-hybridized carbons (Fsp3) is 0.625. The molecule has 2 heteroatoms. The Morgan fingerprint density at radius 3 is 2.80 bits per heavy atom. The minimum Gasteiger partial charge on any atom is -0.272 e. The zero-order chi connectivity index (χ0) is 7.56. The van der Waals surface area contributed by atoms with Crippen molar-refractivity contribution in [1.29, 1.82) is 0 Å². The summed E-state index contributed by atoms with van der Waals surface area (Å²) in [6, 6.07) is 2.08. The van der Waals surface area contributed by atoms with Gasteiger partial charge in [0.25, 0.3) is 0 Å². The Kier molecular flexibility index (Phi) is 2.10. The quantitative estimate of drug-likeness (QED) is 0.610. The van der Waals surface area contributed by atoms with Crippen molar-refractivity contribution in [3.05, 3.63) is 18.0 Å². The summed E-state index contributed by atoms with van der Waals surface area (Å²) in [6.07, 6.45) is 3.03. The third kappa shape index (κ3) is 1.20. The lowest BCUT2D eigenvalue weighted by atomic mass is 10.1. The summed E-state index contributed by atoms with van der Waals surface area (Å²) >= 11 is 0. The van der Waals surface area contributed by atoms with E-state index in [-0.39, 0.29) is 0 Å². The smallest absolute Gasteiger partial charge is 0.0492 e. The first kappa shape index (κ1) is 7.32. The van der Waals surface area contributed by atoms with Gasteiger partial charge in [-0.25, -0.2) is 0 Å². The highest BCUT2D eigenvalue weighted by molar-refractivity contribution is 5.05. The molecule has 0 radical (unpaired) electrons. The summed E-state index contributed by atoms with van der Waals surface area (Å²) in [5, 5.41) is 4.10. The van der Waals surface area contributed by atoms with E-state index in [1.165, 1.54) is 12.1 Å². The fourth-order valence-corrected chi connectivity index (χ4v) is 1.08. The average Bonchev–Trinajstić information content (AvgIpc) is 2.34. The fourth-order valence-electron chi connectivity index (χ4n) is 1.08. The Morgan fingerprint density at radius 1 is 1.70 bits per heavy atom. The second-order valence-corrected chi connectivity index (χ2v) is 2.69. The Balaban J connectivity index is 2.82. The first-order chi connectivity index (χ1) is 4.75. The maximum Gasteiger partial charge on any atom is 0.0492 e. The molecule has 0 bridgehead atoms. The molecule has 0 aliphatic heterocycles. The van der Waals surface area contributed by atoms with Crippen LogP contribution in [-0.4, -0.2) is 9.78 Å². The third-order valence-electron chi connectivity index (χ3n) is 1.98. The predicted molar refractivity (Wildman–Crippen MR) is 41.9 cm³/mol. The molecule has 0 saturated heterocycles. The van der Waals surface area contributed by atoms with Gasteiger partial charge in [-0.2, -0.15) is 5.10 Å². The van der Waals surface area contributed by atoms with Crippen molar-refractivity contribution in [2.75, 3.05) is 0 Å². The predicted octanol–water partition coefficient (Wildman–Crippen LogP) is 1.93. The van der Waals surface area contributed by atoms with Crippen LogP contribution in [0.5, 0.6) is 0 Å². The molecule has 1 rings (SSSR count). The molecule has 0 aliphatic carbocycles. The van der Waals surface area contributed by atoms with Gasteiger partial charge in [0.15, 0.2) is 0 Å². The van der Waals surface area contributed by atoms with Crippen molar-refractivity contribution in [2.24, 2.45) is 7.05 Å². The van der Waals surface area contributed by atoms with Crippen molar-refractivity contribution in [2.45, 2.75) is 26.2 Å². The van der Waals surface area contributed by atoms with E-state index in [1.807, 2.05) is 17.9 Å². The number of rotatable bonds is 2. The van der Waals surface area contributed by atoms with Crippen LogP contribution in [0.25, 0.3) is 0 Å². The molecule has 1 unspecified atom stereocenters. The van der Waals surface area contributed by atoms with Gasteiger partial charge in [-0.3, -0.25) is 4.68 Å². The lowest BCUT2D eigenvalue weighted by Gasteiger charge is -2.07. The number of aromatic nitrogens is 2. The maximum absolute atomic E-state index is 4.10. The SMILES string of the molecule is CCC(C)c1ccnn1C. The zero-order valence-corrected chi connectivity index (χ0v) is 6.83. The Bertz CT molecular complexity index is 203. The lowest BCUT2D eigenvalue weighted by Crippen LogP contribution is -2.01. The molecule has 0 fully saturated rings. The molecule has 2 nitrogen and oxygen atoms in total. The average molecular weight is 138 g/mol. The molecular formula is C8H14N2. The van der Waals surface area contributed by atoms with Crippen LogP contribution in [0.3, 0.4) is 0 Å². The normalized spacial score (nSPS) is 13.5. The first-order valence-electron chi connectivity index (χ1n) is 3.73. The van der Waals surface area contributed by atoms with Gasteiger partial charge < -0.3 is 0 Å². The topological polar surface area (TPSA) is 17.8 Å². The Labute approximate surface area is 61.9 Å². The first-order valence-corrected chi connectivity index (χ1v) is 3.73. The van der Waals surface area contributed by atoms with Gasteiger partial charge >= 0.3 is 0 Å². The van der Waals surface area contributed by atoms with Crippen LogP contribution in [0.2, 0.25) is 0 Å². The van der Waals surface area contributed by atoms with Crippen LogP contribution in [-0.2, 0) is 7.05 Å². The highest BCUT2D eigenvalue weighted by atomic mass is 15.3. The van der Waals surface area contributed by atoms with Gasteiger partial charge in [0.2, 0.25) is 0 Å². The van der Waals surface area contributed by atoms with Gasteiger partial charge in [0.1, 0.15) is 0 Å². The van der Waals surface area contributed by atoms with Crippen molar-refractivity contribution in [3.63, 3.8) is 0 Å². The number of aryl methyl sites for hydroxylation is 1. The van der Waals surface area contributed by atoms with Crippen LogP contribution in [0, 0.1) is 0 Å². The molecule has 1 aromatic heterocycles.